The van der Waals surface area contributed by atoms with Crippen molar-refractivity contribution in [2.45, 2.75) is 83.5 Å². The number of aliphatic hydroxyl groups excluding tert-OH is 1. The van der Waals surface area contributed by atoms with Crippen LogP contribution in [0.4, 0.5) is 0 Å². The molecule has 0 radical (unpaired) electrons. The monoisotopic (exact) mass is 283 g/mol. The number of ether oxygens (including phenoxy) is 1. The lowest BCUT2D eigenvalue weighted by molar-refractivity contribution is -0.0290. The fraction of sp³-hybridized carbons (Fsp3) is 1.00. The molecule has 2 rings (SSSR count). The number of nitrogens with one attached hydrogen (secondary N) is 1. The first kappa shape index (κ1) is 16.3. The summed E-state index contributed by atoms with van der Waals surface area (Å²) in [7, 11) is 0. The Morgan fingerprint density at radius 2 is 1.75 bits per heavy atom. The Balaban J connectivity index is 1.57. The molecule has 0 amide bonds. The zero-order valence-corrected chi connectivity index (χ0v) is 13.3. The summed E-state index contributed by atoms with van der Waals surface area (Å²) in [6.07, 6.45) is 10.2. The predicted octanol–water partition coefficient (Wildman–Crippen LogP) is 3.11. The van der Waals surface area contributed by atoms with Crippen molar-refractivity contribution in [1.82, 2.24) is 5.32 Å². The summed E-state index contributed by atoms with van der Waals surface area (Å²) in [4.78, 5) is 0. The molecule has 2 N–H and O–H groups in total. The highest BCUT2D eigenvalue weighted by molar-refractivity contribution is 4.79. The van der Waals surface area contributed by atoms with Crippen molar-refractivity contribution in [3.05, 3.63) is 0 Å². The minimum Gasteiger partial charge on any atom is -0.389 e. The van der Waals surface area contributed by atoms with Gasteiger partial charge in [-0.05, 0) is 50.4 Å². The molecule has 3 nitrogen and oxygen atoms in total. The van der Waals surface area contributed by atoms with Gasteiger partial charge in [-0.25, -0.2) is 0 Å². The van der Waals surface area contributed by atoms with Crippen LogP contribution >= 0.6 is 0 Å². The van der Waals surface area contributed by atoms with Crippen LogP contribution in [0.15, 0.2) is 0 Å². The normalized spacial score (nSPS) is 36.8. The summed E-state index contributed by atoms with van der Waals surface area (Å²) in [6, 6.07) is 0.592. The van der Waals surface area contributed by atoms with E-state index in [2.05, 4.69) is 19.2 Å². The molecule has 3 atom stereocenters. The van der Waals surface area contributed by atoms with Crippen LogP contribution in [0.2, 0.25) is 0 Å². The molecule has 3 unspecified atom stereocenters. The number of hydrogen-bond acceptors (Lipinski definition) is 3. The van der Waals surface area contributed by atoms with Gasteiger partial charge >= 0.3 is 0 Å². The number of rotatable bonds is 6. The highest BCUT2D eigenvalue weighted by Crippen LogP contribution is 2.26. The molecule has 20 heavy (non-hydrogen) atoms. The second kappa shape index (κ2) is 8.35. The lowest BCUT2D eigenvalue weighted by atomic mass is 9.86. The Kier molecular flexibility index (Phi) is 6.79. The average molecular weight is 283 g/mol. The second-order valence-corrected chi connectivity index (χ2v) is 7.15. The van der Waals surface area contributed by atoms with Gasteiger partial charge in [-0.3, -0.25) is 0 Å². The molecular formula is C17H33NO2. The minimum absolute atomic E-state index is 0.358. The maximum atomic E-state index is 10.1. The molecule has 0 aromatic heterocycles. The van der Waals surface area contributed by atoms with E-state index in [0.29, 0.717) is 25.3 Å². The molecule has 0 bridgehead atoms. The average Bonchev–Trinajstić information content (AvgIpc) is 2.46. The van der Waals surface area contributed by atoms with E-state index < -0.39 is 0 Å². The van der Waals surface area contributed by atoms with E-state index in [1.807, 2.05) is 0 Å². The molecule has 2 aliphatic carbocycles. The Morgan fingerprint density at radius 1 is 1.05 bits per heavy atom. The van der Waals surface area contributed by atoms with E-state index >= 15 is 0 Å². The number of hydrogen-bond donors (Lipinski definition) is 2. The zero-order chi connectivity index (χ0) is 14.4. The smallest absolute Gasteiger partial charge is 0.0897 e. The molecule has 3 heteroatoms. The highest BCUT2D eigenvalue weighted by Gasteiger charge is 2.22. The summed E-state index contributed by atoms with van der Waals surface area (Å²) in [5.41, 5.74) is 0. The first-order chi connectivity index (χ1) is 9.65. The van der Waals surface area contributed by atoms with Crippen LogP contribution in [-0.4, -0.2) is 36.5 Å². The van der Waals surface area contributed by atoms with Gasteiger partial charge in [-0.2, -0.15) is 0 Å². The fourth-order valence-corrected chi connectivity index (χ4v) is 3.61. The summed E-state index contributed by atoms with van der Waals surface area (Å²) in [6.45, 7) is 5.81. The van der Waals surface area contributed by atoms with E-state index in [0.717, 1.165) is 11.8 Å². The van der Waals surface area contributed by atoms with E-state index in [4.69, 9.17) is 4.74 Å². The van der Waals surface area contributed by atoms with Gasteiger partial charge in [-0.1, -0.05) is 26.7 Å². The van der Waals surface area contributed by atoms with Crippen molar-refractivity contribution < 1.29 is 9.84 Å². The van der Waals surface area contributed by atoms with Gasteiger partial charge in [0.1, 0.15) is 0 Å². The van der Waals surface area contributed by atoms with Gasteiger partial charge in [-0.15, -0.1) is 0 Å². The van der Waals surface area contributed by atoms with Crippen LogP contribution in [0.5, 0.6) is 0 Å². The predicted molar refractivity (Wildman–Crippen MR) is 82.8 cm³/mol. The molecule has 0 spiro atoms. The molecule has 0 heterocycles. The molecule has 118 valence electrons. The third-order valence-corrected chi connectivity index (χ3v) is 5.21. The molecule has 2 saturated carbocycles. The van der Waals surface area contributed by atoms with Gasteiger partial charge in [0.15, 0.2) is 0 Å². The maximum absolute atomic E-state index is 10.1. The largest absolute Gasteiger partial charge is 0.389 e. The third kappa shape index (κ3) is 5.34. The van der Waals surface area contributed by atoms with Crippen LogP contribution in [0.1, 0.15) is 65.2 Å². The minimum atomic E-state index is -0.358. The zero-order valence-electron chi connectivity index (χ0n) is 13.3. The van der Waals surface area contributed by atoms with Crippen molar-refractivity contribution in [3.63, 3.8) is 0 Å². The van der Waals surface area contributed by atoms with Crippen LogP contribution < -0.4 is 5.32 Å². The summed E-state index contributed by atoms with van der Waals surface area (Å²) in [5.74, 6) is 1.60. The Hall–Kier alpha value is -0.120. The van der Waals surface area contributed by atoms with Crippen molar-refractivity contribution in [3.8, 4) is 0 Å². The molecule has 2 aliphatic rings. The van der Waals surface area contributed by atoms with Crippen molar-refractivity contribution in [1.29, 1.82) is 0 Å². The first-order valence-corrected chi connectivity index (χ1v) is 8.68. The molecular weight excluding hydrogens is 250 g/mol. The van der Waals surface area contributed by atoms with Crippen molar-refractivity contribution >= 4 is 0 Å². The maximum Gasteiger partial charge on any atom is 0.0897 e. The fourth-order valence-electron chi connectivity index (χ4n) is 3.61. The first-order valence-electron chi connectivity index (χ1n) is 8.68. The third-order valence-electron chi connectivity index (χ3n) is 5.21. The standard InChI is InChI=1S/C17H33NO2/c1-13-7-9-16(10-8-13)20-12-15(19)11-18-17-6-4-3-5-14(17)2/h13-19H,3-12H2,1-2H3. The van der Waals surface area contributed by atoms with Crippen LogP contribution in [0.25, 0.3) is 0 Å². The molecule has 0 aromatic rings. The van der Waals surface area contributed by atoms with Crippen molar-refractivity contribution in [2.75, 3.05) is 13.2 Å². The molecule has 0 aliphatic heterocycles. The SMILES string of the molecule is CC1CCC(OCC(O)CNC2CCCCC2C)CC1. The molecule has 0 aromatic carbocycles. The van der Waals surface area contributed by atoms with Crippen molar-refractivity contribution in [2.24, 2.45) is 11.8 Å². The number of aliphatic hydroxyl groups is 1. The van der Waals surface area contributed by atoms with Gasteiger partial charge in [0.2, 0.25) is 0 Å². The van der Waals surface area contributed by atoms with Gasteiger partial charge in [0.25, 0.3) is 0 Å². The van der Waals surface area contributed by atoms with Gasteiger partial charge in [0.05, 0.1) is 18.8 Å². The summed E-state index contributed by atoms with van der Waals surface area (Å²) >= 11 is 0. The van der Waals surface area contributed by atoms with E-state index in [9.17, 15) is 5.11 Å². The topological polar surface area (TPSA) is 41.5 Å². The van der Waals surface area contributed by atoms with Crippen LogP contribution in [0, 0.1) is 11.8 Å². The quantitative estimate of drug-likeness (QED) is 0.787. The molecule has 0 saturated heterocycles. The lowest BCUT2D eigenvalue weighted by Crippen LogP contribution is -2.42. The Bertz CT molecular complexity index is 264. The van der Waals surface area contributed by atoms with Gasteiger partial charge in [0, 0.05) is 12.6 Å². The van der Waals surface area contributed by atoms with E-state index in [1.54, 1.807) is 0 Å². The van der Waals surface area contributed by atoms with Crippen LogP contribution in [0.3, 0.4) is 0 Å². The summed E-state index contributed by atoms with van der Waals surface area (Å²) < 4.78 is 5.87. The van der Waals surface area contributed by atoms with E-state index in [1.165, 1.54) is 51.4 Å². The molecule has 2 fully saturated rings. The second-order valence-electron chi connectivity index (χ2n) is 7.15. The lowest BCUT2D eigenvalue weighted by Gasteiger charge is -2.31. The Morgan fingerprint density at radius 3 is 2.45 bits per heavy atom. The highest BCUT2D eigenvalue weighted by atomic mass is 16.5. The van der Waals surface area contributed by atoms with Crippen LogP contribution in [-0.2, 0) is 4.74 Å². The van der Waals surface area contributed by atoms with E-state index in [-0.39, 0.29) is 6.10 Å². The van der Waals surface area contributed by atoms with Gasteiger partial charge < -0.3 is 15.2 Å². The summed E-state index contributed by atoms with van der Waals surface area (Å²) in [5, 5.41) is 13.6. The Labute approximate surface area is 124 Å².